The highest BCUT2D eigenvalue weighted by molar-refractivity contribution is 6.14. The van der Waals surface area contributed by atoms with Crippen LogP contribution in [0.1, 0.15) is 11.1 Å². The Morgan fingerprint density at radius 3 is 1.17 bits per heavy atom. The van der Waals surface area contributed by atoms with Gasteiger partial charge in [-0.25, -0.2) is 9.59 Å². The molecule has 0 aliphatic rings. The van der Waals surface area contributed by atoms with E-state index in [-0.39, 0.29) is 0 Å². The summed E-state index contributed by atoms with van der Waals surface area (Å²) in [5.74, 6) is -2.03. The summed E-state index contributed by atoms with van der Waals surface area (Å²) in [5.41, 5.74) is 1.60. The van der Waals surface area contributed by atoms with E-state index in [9.17, 15) is 9.59 Å². The molecule has 0 saturated heterocycles. The van der Waals surface area contributed by atoms with Gasteiger partial charge in [-0.1, -0.05) is 48.5 Å². The molecule has 3 aromatic rings. The van der Waals surface area contributed by atoms with E-state index in [0.29, 0.717) is 0 Å². The van der Waals surface area contributed by atoms with Crippen molar-refractivity contribution in [2.75, 3.05) is 0 Å². The highest BCUT2D eigenvalue weighted by Crippen LogP contribution is 2.34. The zero-order valence-electron chi connectivity index (χ0n) is 12.6. The van der Waals surface area contributed by atoms with E-state index in [4.69, 9.17) is 10.2 Å². The number of carboxylic acid groups (broad SMARTS) is 2. The van der Waals surface area contributed by atoms with Crippen LogP contribution in [0.4, 0.5) is 0 Å². The summed E-state index contributed by atoms with van der Waals surface area (Å²) < 4.78 is 0. The maximum absolute atomic E-state index is 10.9. The fourth-order valence-corrected chi connectivity index (χ4v) is 2.86. The quantitative estimate of drug-likeness (QED) is 0.559. The number of fused-ring (bicyclic) bond motifs is 2. The normalized spacial score (nSPS) is 11.7. The third kappa shape index (κ3) is 2.90. The van der Waals surface area contributed by atoms with Crippen LogP contribution < -0.4 is 0 Å². The predicted molar refractivity (Wildman–Crippen MR) is 94.8 cm³/mol. The Bertz CT molecular complexity index is 874. The fourth-order valence-electron chi connectivity index (χ4n) is 2.86. The van der Waals surface area contributed by atoms with Crippen molar-refractivity contribution < 1.29 is 19.8 Å². The summed E-state index contributed by atoms with van der Waals surface area (Å²) in [7, 11) is 0. The molecule has 0 bridgehead atoms. The van der Waals surface area contributed by atoms with Gasteiger partial charge in [0.15, 0.2) is 0 Å². The Morgan fingerprint density at radius 1 is 0.625 bits per heavy atom. The van der Waals surface area contributed by atoms with Gasteiger partial charge in [0.05, 0.1) is 0 Å². The molecule has 0 fully saturated rings. The van der Waals surface area contributed by atoms with E-state index in [1.807, 2.05) is 48.5 Å². The monoisotopic (exact) mass is 318 g/mol. The Balaban J connectivity index is 2.45. The van der Waals surface area contributed by atoms with Crippen molar-refractivity contribution in [2.45, 2.75) is 0 Å². The first-order valence-corrected chi connectivity index (χ1v) is 7.33. The van der Waals surface area contributed by atoms with Crippen LogP contribution in [0.15, 0.2) is 60.7 Å². The lowest BCUT2D eigenvalue weighted by Gasteiger charge is -2.12. The van der Waals surface area contributed by atoms with E-state index in [0.717, 1.165) is 44.8 Å². The van der Waals surface area contributed by atoms with Gasteiger partial charge in [-0.3, -0.25) is 0 Å². The number of carboxylic acids is 2. The van der Waals surface area contributed by atoms with E-state index >= 15 is 0 Å². The van der Waals surface area contributed by atoms with Crippen molar-refractivity contribution in [3.05, 3.63) is 71.8 Å². The van der Waals surface area contributed by atoms with Crippen molar-refractivity contribution in [1.82, 2.24) is 0 Å². The third-order valence-corrected chi connectivity index (χ3v) is 3.80. The maximum atomic E-state index is 10.9. The summed E-state index contributed by atoms with van der Waals surface area (Å²) >= 11 is 0. The zero-order chi connectivity index (χ0) is 17.1. The molecular formula is C20H14O4. The van der Waals surface area contributed by atoms with Gasteiger partial charge in [0.1, 0.15) is 0 Å². The van der Waals surface area contributed by atoms with Gasteiger partial charge in [-0.2, -0.15) is 0 Å². The molecule has 0 unspecified atom stereocenters. The van der Waals surface area contributed by atoms with E-state index in [1.165, 1.54) is 0 Å². The lowest BCUT2D eigenvalue weighted by Crippen LogP contribution is -1.92. The molecule has 0 spiro atoms. The predicted octanol–water partition coefficient (Wildman–Crippen LogP) is 4.19. The number of hydrogen-bond donors (Lipinski definition) is 2. The summed E-state index contributed by atoms with van der Waals surface area (Å²) in [6, 6.07) is 15.1. The summed E-state index contributed by atoms with van der Waals surface area (Å²) in [4.78, 5) is 21.9. The van der Waals surface area contributed by atoms with E-state index in [1.54, 1.807) is 12.2 Å². The molecule has 118 valence electrons. The molecule has 24 heavy (non-hydrogen) atoms. The number of carbonyl (C=O) groups is 2. The van der Waals surface area contributed by atoms with Gasteiger partial charge in [-0.15, -0.1) is 0 Å². The van der Waals surface area contributed by atoms with Crippen LogP contribution in [0, 0.1) is 0 Å². The van der Waals surface area contributed by atoms with Crippen molar-refractivity contribution in [3.8, 4) is 0 Å². The highest BCUT2D eigenvalue weighted by atomic mass is 16.4. The molecular weight excluding hydrogens is 304 g/mol. The Labute approximate surface area is 138 Å². The largest absolute Gasteiger partial charge is 0.478 e. The summed E-state index contributed by atoms with van der Waals surface area (Å²) in [6.45, 7) is 0. The topological polar surface area (TPSA) is 74.6 Å². The van der Waals surface area contributed by atoms with Crippen LogP contribution >= 0.6 is 0 Å². The first kappa shape index (κ1) is 15.5. The first-order valence-electron chi connectivity index (χ1n) is 7.33. The Morgan fingerprint density at radius 2 is 0.917 bits per heavy atom. The van der Waals surface area contributed by atoms with Gasteiger partial charge in [-0.05, 0) is 44.8 Å². The molecule has 0 saturated carbocycles. The fraction of sp³-hybridized carbons (Fsp3) is 0. The summed E-state index contributed by atoms with van der Waals surface area (Å²) in [5, 5.41) is 21.4. The average Bonchev–Trinajstić information content (AvgIpc) is 2.57. The number of aliphatic carboxylic acids is 2. The Hall–Kier alpha value is -3.40. The van der Waals surface area contributed by atoms with Gasteiger partial charge >= 0.3 is 11.9 Å². The van der Waals surface area contributed by atoms with Gasteiger partial charge < -0.3 is 10.2 Å². The van der Waals surface area contributed by atoms with Crippen LogP contribution in [0.5, 0.6) is 0 Å². The van der Waals surface area contributed by atoms with Crippen LogP contribution in [0.2, 0.25) is 0 Å². The van der Waals surface area contributed by atoms with Gasteiger partial charge in [0.25, 0.3) is 0 Å². The van der Waals surface area contributed by atoms with Crippen molar-refractivity contribution >= 4 is 45.6 Å². The second-order valence-corrected chi connectivity index (χ2v) is 5.26. The summed E-state index contributed by atoms with van der Waals surface area (Å²) in [6.07, 6.45) is 5.39. The molecule has 0 amide bonds. The lowest BCUT2D eigenvalue weighted by atomic mass is 9.91. The molecule has 3 rings (SSSR count). The second-order valence-electron chi connectivity index (χ2n) is 5.26. The molecule has 0 aliphatic carbocycles. The van der Waals surface area contributed by atoms with E-state index < -0.39 is 11.9 Å². The molecule has 4 heteroatoms. The van der Waals surface area contributed by atoms with Crippen LogP contribution in [-0.4, -0.2) is 22.2 Å². The molecule has 3 aromatic carbocycles. The zero-order valence-corrected chi connectivity index (χ0v) is 12.6. The SMILES string of the molecule is O=C(O)/C=C/c1c2ccccc2c(/C=C/C(=O)O)c2ccccc12. The van der Waals surface area contributed by atoms with Crippen LogP contribution in [0.3, 0.4) is 0 Å². The van der Waals surface area contributed by atoms with Gasteiger partial charge in [0, 0.05) is 12.2 Å². The van der Waals surface area contributed by atoms with Gasteiger partial charge in [0.2, 0.25) is 0 Å². The smallest absolute Gasteiger partial charge is 0.328 e. The number of hydrogen-bond acceptors (Lipinski definition) is 2. The van der Waals surface area contributed by atoms with Crippen molar-refractivity contribution in [1.29, 1.82) is 0 Å². The standard InChI is InChI=1S/C20H14O4/c21-19(22)11-9-17-13-5-1-2-6-14(13)18(10-12-20(23)24)16-8-4-3-7-15(16)17/h1-12H,(H,21,22)(H,23,24)/b11-9+,12-10+. The van der Waals surface area contributed by atoms with Crippen molar-refractivity contribution in [3.63, 3.8) is 0 Å². The molecule has 4 nitrogen and oxygen atoms in total. The van der Waals surface area contributed by atoms with E-state index in [2.05, 4.69) is 0 Å². The molecule has 0 atom stereocenters. The third-order valence-electron chi connectivity index (χ3n) is 3.80. The minimum Gasteiger partial charge on any atom is -0.478 e. The molecule has 0 aliphatic heterocycles. The van der Waals surface area contributed by atoms with Crippen molar-refractivity contribution in [2.24, 2.45) is 0 Å². The Kier molecular flexibility index (Phi) is 4.12. The minimum absolute atomic E-state index is 0.802. The average molecular weight is 318 g/mol. The maximum Gasteiger partial charge on any atom is 0.328 e. The molecule has 0 radical (unpaired) electrons. The first-order chi connectivity index (χ1) is 11.6. The van der Waals surface area contributed by atoms with Crippen LogP contribution in [-0.2, 0) is 9.59 Å². The highest BCUT2D eigenvalue weighted by Gasteiger charge is 2.10. The molecule has 0 heterocycles. The van der Waals surface area contributed by atoms with Crippen LogP contribution in [0.25, 0.3) is 33.7 Å². The lowest BCUT2D eigenvalue weighted by molar-refractivity contribution is -0.132. The molecule has 2 N–H and O–H groups in total. The minimum atomic E-state index is -1.02. The number of rotatable bonds is 4. The molecule has 0 aromatic heterocycles. The second kappa shape index (κ2) is 6.38. The number of benzene rings is 3.